The lowest BCUT2D eigenvalue weighted by Crippen LogP contribution is -2.65. The van der Waals surface area contributed by atoms with Gasteiger partial charge < -0.3 is 23.3 Å². The topological polar surface area (TPSA) is 74.3 Å². The van der Waals surface area contributed by atoms with Crippen molar-refractivity contribution in [1.82, 2.24) is 4.90 Å². The quantitative estimate of drug-likeness (QED) is 0.488. The number of benzene rings is 1. The van der Waals surface area contributed by atoms with Crippen LogP contribution in [0.5, 0.6) is 11.5 Å². The Kier molecular flexibility index (Phi) is 4.85. The summed E-state index contributed by atoms with van der Waals surface area (Å²) < 4.78 is 85.4. The van der Waals surface area contributed by atoms with Gasteiger partial charge in [0.05, 0.1) is 13.2 Å². The Morgan fingerprint density at radius 3 is 2.56 bits per heavy atom. The molecule has 2 aliphatic heterocycles. The zero-order valence-corrected chi connectivity index (χ0v) is 18.9. The van der Waals surface area contributed by atoms with Gasteiger partial charge in [-0.2, -0.15) is 21.6 Å². The number of fused-ring (bicyclic) bond motifs is 1. The van der Waals surface area contributed by atoms with Crippen LogP contribution in [-0.4, -0.2) is 63.6 Å². The summed E-state index contributed by atoms with van der Waals surface area (Å²) >= 11 is 0. The van der Waals surface area contributed by atoms with Gasteiger partial charge in [-0.25, -0.2) is 0 Å². The maximum absolute atomic E-state index is 13.0. The SMILES string of the molecule is CCN(C)[C@@H]1Cc2ccc(OS(=O)(=O)C(F)(F)F)c3c2[C@]2(C)[C@H]1CCC1(OCCO1)[C@@H]2O3. The summed E-state index contributed by atoms with van der Waals surface area (Å²) in [4.78, 5) is 2.28. The van der Waals surface area contributed by atoms with Crippen LogP contribution in [0.3, 0.4) is 0 Å². The predicted octanol–water partition coefficient (Wildman–Crippen LogP) is 2.96. The molecule has 0 unspecified atom stereocenters. The molecule has 4 aliphatic rings. The van der Waals surface area contributed by atoms with Crippen LogP contribution in [0.15, 0.2) is 12.1 Å². The molecule has 2 fully saturated rings. The first-order chi connectivity index (χ1) is 14.9. The highest BCUT2D eigenvalue weighted by Crippen LogP contribution is 2.64. The molecule has 0 N–H and O–H groups in total. The lowest BCUT2D eigenvalue weighted by Gasteiger charge is -2.55. The lowest BCUT2D eigenvalue weighted by atomic mass is 9.54. The molecule has 7 nitrogen and oxygen atoms in total. The minimum Gasteiger partial charge on any atom is -0.480 e. The van der Waals surface area contributed by atoms with Crippen LogP contribution in [0, 0.1) is 5.92 Å². The molecule has 1 saturated carbocycles. The van der Waals surface area contributed by atoms with E-state index in [0.29, 0.717) is 31.6 Å². The standard InChI is InChI=1S/C21H26F3NO6S/c1-4-25(3)14-11-12-5-6-15(31-32(26,27)21(22,23)24)17-16(12)19(2)13(14)7-8-20(18(19)30-17)28-9-10-29-20/h5-6,13-14,18H,4,7-11H2,1-3H3/t13-,14+,18+,19-/m0/s1. The molecule has 2 aliphatic carbocycles. The summed E-state index contributed by atoms with van der Waals surface area (Å²) in [7, 11) is -3.78. The van der Waals surface area contributed by atoms with Crippen LogP contribution in [0.4, 0.5) is 13.2 Å². The van der Waals surface area contributed by atoms with Crippen molar-refractivity contribution in [1.29, 1.82) is 0 Å². The molecule has 4 atom stereocenters. The second-order valence-electron chi connectivity index (χ2n) is 9.19. The number of likely N-dealkylation sites (N-methyl/N-ethyl adjacent to an activating group) is 1. The summed E-state index contributed by atoms with van der Waals surface area (Å²) in [6.07, 6.45) is 1.43. The number of rotatable bonds is 4. The fraction of sp³-hybridized carbons (Fsp3) is 0.714. The van der Waals surface area contributed by atoms with Gasteiger partial charge in [0.25, 0.3) is 0 Å². The van der Waals surface area contributed by atoms with E-state index in [2.05, 4.69) is 23.1 Å². The summed E-state index contributed by atoms with van der Waals surface area (Å²) in [6.45, 7) is 5.75. The van der Waals surface area contributed by atoms with Crippen LogP contribution in [0.25, 0.3) is 0 Å². The molecule has 11 heteroatoms. The van der Waals surface area contributed by atoms with Gasteiger partial charge >= 0.3 is 15.6 Å². The van der Waals surface area contributed by atoms with Crippen molar-refractivity contribution in [2.24, 2.45) is 5.92 Å². The van der Waals surface area contributed by atoms with Gasteiger partial charge in [-0.05, 0) is 44.0 Å². The van der Waals surface area contributed by atoms with E-state index in [1.165, 1.54) is 6.07 Å². The molecule has 32 heavy (non-hydrogen) atoms. The number of hydrogen-bond acceptors (Lipinski definition) is 7. The van der Waals surface area contributed by atoms with Crippen LogP contribution >= 0.6 is 0 Å². The van der Waals surface area contributed by atoms with Crippen molar-refractivity contribution >= 4 is 10.1 Å². The second kappa shape index (κ2) is 6.97. The van der Waals surface area contributed by atoms with Gasteiger partial charge in [0.15, 0.2) is 17.6 Å². The van der Waals surface area contributed by atoms with E-state index in [1.54, 1.807) is 6.07 Å². The lowest BCUT2D eigenvalue weighted by molar-refractivity contribution is -0.252. The van der Waals surface area contributed by atoms with Crippen molar-refractivity contribution in [3.63, 3.8) is 0 Å². The Labute approximate surface area is 184 Å². The molecule has 2 heterocycles. The fourth-order valence-electron chi connectivity index (χ4n) is 6.22. The van der Waals surface area contributed by atoms with Gasteiger partial charge in [-0.1, -0.05) is 19.9 Å². The largest absolute Gasteiger partial charge is 0.534 e. The highest BCUT2D eigenvalue weighted by molar-refractivity contribution is 7.88. The average molecular weight is 478 g/mol. The summed E-state index contributed by atoms with van der Waals surface area (Å²) in [6, 6.07) is 3.10. The van der Waals surface area contributed by atoms with E-state index >= 15 is 0 Å². The van der Waals surface area contributed by atoms with E-state index in [4.69, 9.17) is 14.2 Å². The predicted molar refractivity (Wildman–Crippen MR) is 107 cm³/mol. The first-order valence-electron chi connectivity index (χ1n) is 10.8. The fourth-order valence-corrected chi connectivity index (χ4v) is 6.68. The molecular formula is C21H26F3NO6S. The Hall–Kier alpha value is -1.56. The van der Waals surface area contributed by atoms with Crippen LogP contribution in [0.1, 0.15) is 37.8 Å². The number of halogens is 3. The van der Waals surface area contributed by atoms with E-state index < -0.39 is 38.7 Å². The van der Waals surface area contributed by atoms with Crippen molar-refractivity contribution in [3.8, 4) is 11.5 Å². The second-order valence-corrected chi connectivity index (χ2v) is 10.7. The van der Waals surface area contributed by atoms with Gasteiger partial charge in [0, 0.05) is 23.4 Å². The Morgan fingerprint density at radius 2 is 1.94 bits per heavy atom. The molecular weight excluding hydrogens is 451 g/mol. The average Bonchev–Trinajstić information content (AvgIpc) is 3.31. The molecule has 1 saturated heterocycles. The number of hydrogen-bond donors (Lipinski definition) is 0. The van der Waals surface area contributed by atoms with Gasteiger partial charge in [-0.15, -0.1) is 0 Å². The van der Waals surface area contributed by atoms with Crippen molar-refractivity contribution in [2.45, 2.75) is 62.0 Å². The third kappa shape index (κ3) is 2.87. The minimum atomic E-state index is -5.84. The third-order valence-corrected chi connectivity index (χ3v) is 8.68. The maximum atomic E-state index is 13.0. The van der Waals surface area contributed by atoms with Crippen LogP contribution < -0.4 is 8.92 Å². The molecule has 1 aromatic carbocycles. The molecule has 1 spiro atoms. The van der Waals surface area contributed by atoms with E-state index in [-0.39, 0.29) is 17.7 Å². The number of alkyl halides is 3. The Balaban J connectivity index is 1.67. The van der Waals surface area contributed by atoms with E-state index in [1.807, 2.05) is 6.92 Å². The van der Waals surface area contributed by atoms with Crippen molar-refractivity contribution < 1.29 is 40.0 Å². The molecule has 178 valence electrons. The van der Waals surface area contributed by atoms with Crippen molar-refractivity contribution in [3.05, 3.63) is 23.3 Å². The van der Waals surface area contributed by atoms with Crippen molar-refractivity contribution in [2.75, 3.05) is 26.8 Å². The summed E-state index contributed by atoms with van der Waals surface area (Å²) in [5.74, 6) is -1.30. The minimum absolute atomic E-state index is 0.0470. The smallest absolute Gasteiger partial charge is 0.480 e. The first-order valence-corrected chi connectivity index (χ1v) is 12.2. The molecule has 1 aromatic rings. The van der Waals surface area contributed by atoms with E-state index in [0.717, 1.165) is 18.5 Å². The normalized spacial score (nSPS) is 32.8. The van der Waals surface area contributed by atoms with E-state index in [9.17, 15) is 21.6 Å². The van der Waals surface area contributed by atoms with Gasteiger partial charge in [-0.3, -0.25) is 0 Å². The van der Waals surface area contributed by atoms with Crippen LogP contribution in [-0.2, 0) is 31.4 Å². The summed E-state index contributed by atoms with van der Waals surface area (Å²) in [5.41, 5.74) is -4.55. The van der Waals surface area contributed by atoms with Crippen LogP contribution in [0.2, 0.25) is 0 Å². The van der Waals surface area contributed by atoms with Gasteiger partial charge in [0.1, 0.15) is 0 Å². The molecule has 0 amide bonds. The first kappa shape index (κ1) is 22.2. The molecule has 0 aromatic heterocycles. The third-order valence-electron chi connectivity index (χ3n) is 7.72. The summed E-state index contributed by atoms with van der Waals surface area (Å²) in [5, 5.41) is 0. The number of nitrogens with zero attached hydrogens (tertiary/aromatic N) is 1. The Morgan fingerprint density at radius 1 is 1.25 bits per heavy atom. The number of ether oxygens (including phenoxy) is 3. The molecule has 0 bridgehead atoms. The highest BCUT2D eigenvalue weighted by atomic mass is 32.2. The maximum Gasteiger partial charge on any atom is 0.534 e. The van der Waals surface area contributed by atoms with Gasteiger partial charge in [0.2, 0.25) is 5.79 Å². The Bertz CT molecular complexity index is 1040. The molecule has 5 rings (SSSR count). The monoisotopic (exact) mass is 477 g/mol. The molecule has 0 radical (unpaired) electrons. The zero-order valence-electron chi connectivity index (χ0n) is 18.1. The zero-order chi connectivity index (χ0) is 23.1. The highest BCUT2D eigenvalue weighted by Gasteiger charge is 2.68.